The minimum Gasteiger partial charge on any atom is -0.493 e. The number of hydrogen-bond donors (Lipinski definition) is 0. The minimum absolute atomic E-state index is 0.0124. The number of benzene rings is 1. The second kappa shape index (κ2) is 7.48. The summed E-state index contributed by atoms with van der Waals surface area (Å²) < 4.78 is 16.2. The minimum atomic E-state index is -0.581. The Labute approximate surface area is 140 Å². The normalized spacial score (nSPS) is 20.6. The molecule has 0 radical (unpaired) electrons. The molecule has 2 rings (SSSR count). The van der Waals surface area contributed by atoms with E-state index in [1.807, 2.05) is 13.8 Å². The van der Waals surface area contributed by atoms with Crippen molar-refractivity contribution in [2.45, 2.75) is 33.0 Å². The number of nitro benzene ring substituents is 1. The summed E-state index contributed by atoms with van der Waals surface area (Å²) in [6.45, 7) is 6.60. The number of methoxy groups -OCH3 is 1. The molecular weight excluding hydrogens is 316 g/mol. The van der Waals surface area contributed by atoms with E-state index < -0.39 is 10.8 Å². The smallest absolute Gasteiger partial charge is 0.286 e. The van der Waals surface area contributed by atoms with Crippen LogP contribution in [-0.2, 0) is 4.74 Å². The summed E-state index contributed by atoms with van der Waals surface area (Å²) in [6, 6.07) is 2.61. The Balaban J connectivity index is 2.43. The van der Waals surface area contributed by atoms with Crippen molar-refractivity contribution in [1.29, 1.82) is 0 Å². The van der Waals surface area contributed by atoms with E-state index in [1.54, 1.807) is 11.8 Å². The van der Waals surface area contributed by atoms with Crippen molar-refractivity contribution in [2.75, 3.05) is 26.8 Å². The van der Waals surface area contributed by atoms with Crippen molar-refractivity contribution < 1.29 is 23.9 Å². The first-order chi connectivity index (χ1) is 11.4. The quantitative estimate of drug-likeness (QED) is 0.604. The number of amides is 1. The molecule has 132 valence electrons. The molecule has 1 saturated heterocycles. The van der Waals surface area contributed by atoms with Gasteiger partial charge in [0.1, 0.15) is 5.56 Å². The van der Waals surface area contributed by atoms with Gasteiger partial charge in [-0.05, 0) is 20.8 Å². The Hall–Kier alpha value is -2.35. The van der Waals surface area contributed by atoms with E-state index in [0.717, 1.165) is 0 Å². The van der Waals surface area contributed by atoms with Crippen LogP contribution in [0.4, 0.5) is 5.69 Å². The Bertz CT molecular complexity index is 623. The average molecular weight is 338 g/mol. The van der Waals surface area contributed by atoms with E-state index in [2.05, 4.69) is 0 Å². The lowest BCUT2D eigenvalue weighted by Gasteiger charge is -2.35. The van der Waals surface area contributed by atoms with E-state index in [1.165, 1.54) is 19.2 Å². The van der Waals surface area contributed by atoms with Gasteiger partial charge in [0, 0.05) is 19.2 Å². The zero-order valence-electron chi connectivity index (χ0n) is 14.3. The van der Waals surface area contributed by atoms with Gasteiger partial charge in [0.05, 0.1) is 36.9 Å². The summed E-state index contributed by atoms with van der Waals surface area (Å²) in [6.07, 6.45) is -0.248. The molecule has 2 unspecified atom stereocenters. The zero-order chi connectivity index (χ0) is 17.9. The number of carbonyl (C=O) groups excluding carboxylic acids is 1. The lowest BCUT2D eigenvalue weighted by Crippen LogP contribution is -2.48. The first-order valence-corrected chi connectivity index (χ1v) is 7.81. The van der Waals surface area contributed by atoms with Crippen molar-refractivity contribution in [1.82, 2.24) is 4.90 Å². The van der Waals surface area contributed by atoms with Crippen molar-refractivity contribution in [2.24, 2.45) is 0 Å². The molecule has 8 nitrogen and oxygen atoms in total. The second-order valence-electron chi connectivity index (χ2n) is 5.68. The molecule has 0 N–H and O–H groups in total. The van der Waals surface area contributed by atoms with E-state index >= 15 is 0 Å². The van der Waals surface area contributed by atoms with Gasteiger partial charge >= 0.3 is 0 Å². The van der Waals surface area contributed by atoms with Crippen LogP contribution in [0.2, 0.25) is 0 Å². The molecule has 1 aromatic rings. The van der Waals surface area contributed by atoms with Crippen LogP contribution in [0.15, 0.2) is 12.1 Å². The summed E-state index contributed by atoms with van der Waals surface area (Å²) in [5.41, 5.74) is -0.308. The van der Waals surface area contributed by atoms with Gasteiger partial charge in [-0.2, -0.15) is 0 Å². The van der Waals surface area contributed by atoms with Gasteiger partial charge in [0.15, 0.2) is 11.5 Å². The molecule has 1 aliphatic rings. The van der Waals surface area contributed by atoms with Crippen molar-refractivity contribution >= 4 is 11.6 Å². The van der Waals surface area contributed by atoms with Crippen molar-refractivity contribution in [3.63, 3.8) is 0 Å². The predicted molar refractivity (Wildman–Crippen MR) is 86.7 cm³/mol. The highest BCUT2D eigenvalue weighted by Gasteiger charge is 2.32. The van der Waals surface area contributed by atoms with Crippen LogP contribution < -0.4 is 9.47 Å². The first kappa shape index (κ1) is 18.0. The van der Waals surface area contributed by atoms with Gasteiger partial charge in [-0.3, -0.25) is 14.9 Å². The van der Waals surface area contributed by atoms with Crippen LogP contribution in [0.1, 0.15) is 31.1 Å². The van der Waals surface area contributed by atoms with E-state index in [9.17, 15) is 14.9 Å². The van der Waals surface area contributed by atoms with Gasteiger partial charge in [-0.15, -0.1) is 0 Å². The number of hydrogen-bond acceptors (Lipinski definition) is 6. The molecule has 1 aromatic carbocycles. The molecule has 1 aliphatic heterocycles. The molecular formula is C16H22N2O6. The summed E-state index contributed by atoms with van der Waals surface area (Å²) >= 11 is 0. The van der Waals surface area contributed by atoms with Gasteiger partial charge < -0.3 is 19.1 Å². The zero-order valence-corrected chi connectivity index (χ0v) is 14.3. The Kier molecular flexibility index (Phi) is 5.61. The average Bonchev–Trinajstić information content (AvgIpc) is 2.53. The number of morpholine rings is 1. The number of nitro groups is 1. The maximum Gasteiger partial charge on any atom is 0.286 e. The Morgan fingerprint density at radius 3 is 2.46 bits per heavy atom. The van der Waals surface area contributed by atoms with Gasteiger partial charge in [-0.1, -0.05) is 0 Å². The van der Waals surface area contributed by atoms with Crippen LogP contribution in [0, 0.1) is 10.1 Å². The summed E-state index contributed by atoms with van der Waals surface area (Å²) in [7, 11) is 1.43. The summed E-state index contributed by atoms with van der Waals surface area (Å²) in [5, 5.41) is 11.4. The Morgan fingerprint density at radius 2 is 1.96 bits per heavy atom. The number of ether oxygens (including phenoxy) is 3. The lowest BCUT2D eigenvalue weighted by molar-refractivity contribution is -0.385. The number of carbonyl (C=O) groups is 1. The molecule has 24 heavy (non-hydrogen) atoms. The maximum absolute atomic E-state index is 12.8. The molecule has 1 amide bonds. The highest BCUT2D eigenvalue weighted by molar-refractivity contribution is 5.99. The highest BCUT2D eigenvalue weighted by Crippen LogP contribution is 2.35. The third kappa shape index (κ3) is 3.76. The van der Waals surface area contributed by atoms with Crippen LogP contribution in [-0.4, -0.2) is 54.7 Å². The van der Waals surface area contributed by atoms with Gasteiger partial charge in [0.2, 0.25) is 0 Å². The predicted octanol–water partition coefficient (Wildman–Crippen LogP) is 2.25. The second-order valence-corrected chi connectivity index (χ2v) is 5.68. The van der Waals surface area contributed by atoms with Crippen LogP contribution in [0.25, 0.3) is 0 Å². The third-order valence-electron chi connectivity index (χ3n) is 3.72. The largest absolute Gasteiger partial charge is 0.493 e. The summed E-state index contributed by atoms with van der Waals surface area (Å²) in [4.78, 5) is 25.2. The molecule has 1 heterocycles. The monoisotopic (exact) mass is 338 g/mol. The molecule has 0 spiro atoms. The van der Waals surface area contributed by atoms with Crippen molar-refractivity contribution in [3.05, 3.63) is 27.8 Å². The molecule has 0 saturated carbocycles. The van der Waals surface area contributed by atoms with Gasteiger partial charge in [0.25, 0.3) is 11.6 Å². The van der Waals surface area contributed by atoms with E-state index in [0.29, 0.717) is 25.4 Å². The van der Waals surface area contributed by atoms with Crippen LogP contribution in [0.5, 0.6) is 11.5 Å². The highest BCUT2D eigenvalue weighted by atomic mass is 16.6. The Morgan fingerprint density at radius 1 is 1.33 bits per heavy atom. The lowest BCUT2D eigenvalue weighted by atomic mass is 10.1. The standard InChI is InChI=1S/C16H22N2O6/c1-5-23-15-7-13(18(20)21)12(6-14(15)22-4)16(19)17-8-10(2)24-11(3)9-17/h6-7,10-11H,5,8-9H2,1-4H3. The van der Waals surface area contributed by atoms with Gasteiger partial charge in [-0.25, -0.2) is 0 Å². The molecule has 0 aromatic heterocycles. The van der Waals surface area contributed by atoms with E-state index in [4.69, 9.17) is 14.2 Å². The maximum atomic E-state index is 12.8. The van der Waals surface area contributed by atoms with Crippen LogP contribution >= 0.6 is 0 Å². The van der Waals surface area contributed by atoms with Crippen LogP contribution in [0.3, 0.4) is 0 Å². The third-order valence-corrected chi connectivity index (χ3v) is 3.72. The van der Waals surface area contributed by atoms with Crippen molar-refractivity contribution in [3.8, 4) is 11.5 Å². The number of rotatable bonds is 5. The fraction of sp³-hybridized carbons (Fsp3) is 0.562. The number of nitrogens with zero attached hydrogens (tertiary/aromatic N) is 2. The fourth-order valence-corrected chi connectivity index (χ4v) is 2.81. The molecule has 8 heteroatoms. The molecule has 2 atom stereocenters. The van der Waals surface area contributed by atoms with E-state index in [-0.39, 0.29) is 29.2 Å². The molecule has 1 fully saturated rings. The fourth-order valence-electron chi connectivity index (χ4n) is 2.81. The topological polar surface area (TPSA) is 91.1 Å². The summed E-state index contributed by atoms with van der Waals surface area (Å²) in [5.74, 6) is 0.122. The molecule has 0 aliphatic carbocycles. The SMILES string of the molecule is CCOc1cc([N+](=O)[O-])c(C(=O)N2CC(C)OC(C)C2)cc1OC. The first-order valence-electron chi connectivity index (χ1n) is 7.81. The molecule has 0 bridgehead atoms.